The van der Waals surface area contributed by atoms with Crippen molar-refractivity contribution in [1.82, 2.24) is 14.8 Å². The van der Waals surface area contributed by atoms with Crippen LogP contribution in [0.15, 0.2) is 54.7 Å². The molecular weight excluding hydrogens is 384 g/mol. The van der Waals surface area contributed by atoms with E-state index in [9.17, 15) is 4.79 Å². The number of carbonyl (C=O) groups excluding carboxylic acids is 1. The number of nitrogens with one attached hydrogen (secondary N) is 1. The maximum Gasteiger partial charge on any atom is 0.246 e. The molecule has 0 radical (unpaired) electrons. The van der Waals surface area contributed by atoms with Crippen LogP contribution in [0, 0.1) is 20.8 Å². The molecule has 0 saturated heterocycles. The molecule has 4 aromatic rings. The monoisotopic (exact) mass is 404 g/mol. The van der Waals surface area contributed by atoms with Crippen molar-refractivity contribution >= 4 is 34.2 Å². The van der Waals surface area contributed by atoms with Gasteiger partial charge in [-0.25, -0.2) is 9.67 Å². The van der Waals surface area contributed by atoms with Crippen LogP contribution in [0.1, 0.15) is 16.8 Å². The highest BCUT2D eigenvalue weighted by Gasteiger charge is 2.16. The summed E-state index contributed by atoms with van der Waals surface area (Å²) >= 11 is 6.15. The summed E-state index contributed by atoms with van der Waals surface area (Å²) in [5.41, 5.74) is 6.53. The van der Waals surface area contributed by atoms with Gasteiger partial charge >= 0.3 is 0 Å². The lowest BCUT2D eigenvalue weighted by molar-refractivity contribution is -0.116. The van der Waals surface area contributed by atoms with Crippen molar-refractivity contribution in [2.75, 3.05) is 5.32 Å². The molecule has 0 spiro atoms. The molecule has 0 atom stereocenters. The van der Waals surface area contributed by atoms with E-state index < -0.39 is 0 Å². The molecular formula is C23H21ClN4O. The first-order chi connectivity index (χ1) is 13.9. The van der Waals surface area contributed by atoms with Gasteiger partial charge in [-0.05, 0) is 55.7 Å². The van der Waals surface area contributed by atoms with Crippen molar-refractivity contribution in [2.24, 2.45) is 0 Å². The van der Waals surface area contributed by atoms with E-state index in [4.69, 9.17) is 11.6 Å². The normalized spacial score (nSPS) is 11.0. The highest BCUT2D eigenvalue weighted by Crippen LogP contribution is 2.30. The number of nitrogens with zero attached hydrogens (tertiary/aromatic N) is 3. The molecule has 1 amide bonds. The van der Waals surface area contributed by atoms with Gasteiger partial charge in [0.15, 0.2) is 5.65 Å². The fourth-order valence-corrected chi connectivity index (χ4v) is 3.55. The summed E-state index contributed by atoms with van der Waals surface area (Å²) in [6.07, 6.45) is 1.76. The first kappa shape index (κ1) is 19.2. The molecule has 29 heavy (non-hydrogen) atoms. The minimum absolute atomic E-state index is 0.0696. The molecule has 5 nitrogen and oxygen atoms in total. The van der Waals surface area contributed by atoms with Gasteiger partial charge in [0.05, 0.1) is 5.69 Å². The Labute approximate surface area is 174 Å². The van der Waals surface area contributed by atoms with Gasteiger partial charge in [-0.2, -0.15) is 5.10 Å². The van der Waals surface area contributed by atoms with Crippen molar-refractivity contribution in [1.29, 1.82) is 0 Å². The molecule has 6 heteroatoms. The van der Waals surface area contributed by atoms with Crippen LogP contribution in [0.2, 0.25) is 5.02 Å². The number of aromatic nitrogens is 3. The second-order valence-corrected chi connectivity index (χ2v) is 7.59. The summed E-state index contributed by atoms with van der Waals surface area (Å²) in [7, 11) is 0. The number of aryl methyl sites for hydroxylation is 3. The number of hydrogen-bond donors (Lipinski definition) is 1. The van der Waals surface area contributed by atoms with E-state index in [1.165, 1.54) is 5.56 Å². The Morgan fingerprint density at radius 1 is 1.07 bits per heavy atom. The fourth-order valence-electron chi connectivity index (χ4n) is 3.37. The maximum atomic E-state index is 12.6. The molecule has 0 bridgehead atoms. The van der Waals surface area contributed by atoms with Crippen LogP contribution in [0.5, 0.6) is 0 Å². The highest BCUT2D eigenvalue weighted by atomic mass is 35.5. The number of anilines is 1. The molecule has 2 aromatic carbocycles. The van der Waals surface area contributed by atoms with E-state index in [-0.39, 0.29) is 12.5 Å². The van der Waals surface area contributed by atoms with Gasteiger partial charge in [-0.1, -0.05) is 47.5 Å². The average molecular weight is 405 g/mol. The predicted octanol–water partition coefficient (Wildman–Crippen LogP) is 5.32. The summed E-state index contributed by atoms with van der Waals surface area (Å²) in [4.78, 5) is 17.1. The smallest absolute Gasteiger partial charge is 0.246 e. The standard InChI is InChI=1S/C23H21ClN4O/c1-14-4-7-17(8-5-14)19-10-11-25-23-22(19)16(3)27-28(23)13-21(29)26-18-9-6-15(2)20(24)12-18/h4-12H,13H2,1-3H3,(H,26,29). The van der Waals surface area contributed by atoms with Crippen LogP contribution in [-0.4, -0.2) is 20.7 Å². The Bertz CT molecular complexity index is 1210. The molecule has 0 aliphatic carbocycles. The van der Waals surface area contributed by atoms with E-state index in [0.29, 0.717) is 16.4 Å². The number of hydrogen-bond acceptors (Lipinski definition) is 3. The quantitative estimate of drug-likeness (QED) is 0.501. The minimum Gasteiger partial charge on any atom is -0.324 e. The lowest BCUT2D eigenvalue weighted by atomic mass is 10.0. The van der Waals surface area contributed by atoms with Gasteiger partial charge in [0, 0.05) is 22.3 Å². The Hall–Kier alpha value is -3.18. The maximum absolute atomic E-state index is 12.6. The molecule has 1 N–H and O–H groups in total. The van der Waals surface area contributed by atoms with Gasteiger partial charge < -0.3 is 5.32 Å². The Kier molecular flexibility index (Phi) is 5.07. The molecule has 4 rings (SSSR count). The first-order valence-corrected chi connectivity index (χ1v) is 9.75. The number of carbonyl (C=O) groups is 1. The van der Waals surface area contributed by atoms with Crippen LogP contribution >= 0.6 is 11.6 Å². The van der Waals surface area contributed by atoms with Crippen molar-refractivity contribution in [2.45, 2.75) is 27.3 Å². The number of fused-ring (bicyclic) bond motifs is 1. The van der Waals surface area contributed by atoms with Crippen LogP contribution in [0.25, 0.3) is 22.2 Å². The van der Waals surface area contributed by atoms with E-state index in [1.54, 1.807) is 16.9 Å². The lowest BCUT2D eigenvalue weighted by Crippen LogP contribution is -2.19. The van der Waals surface area contributed by atoms with E-state index in [1.807, 2.05) is 32.0 Å². The Morgan fingerprint density at radius 2 is 1.83 bits per heavy atom. The van der Waals surface area contributed by atoms with Crippen LogP contribution in [0.4, 0.5) is 5.69 Å². The van der Waals surface area contributed by atoms with Crippen LogP contribution in [0.3, 0.4) is 0 Å². The van der Waals surface area contributed by atoms with Crippen LogP contribution in [-0.2, 0) is 11.3 Å². The second-order valence-electron chi connectivity index (χ2n) is 7.18. The van der Waals surface area contributed by atoms with Crippen LogP contribution < -0.4 is 5.32 Å². The number of benzene rings is 2. The summed E-state index contributed by atoms with van der Waals surface area (Å²) in [5.74, 6) is -0.183. The molecule has 0 unspecified atom stereocenters. The topological polar surface area (TPSA) is 59.8 Å². The van der Waals surface area contributed by atoms with Gasteiger partial charge in [0.2, 0.25) is 5.91 Å². The Balaban J connectivity index is 1.64. The summed E-state index contributed by atoms with van der Waals surface area (Å²) in [6.45, 7) is 6.00. The summed E-state index contributed by atoms with van der Waals surface area (Å²) in [6, 6.07) is 15.8. The SMILES string of the molecule is Cc1ccc(-c2ccnc3c2c(C)nn3CC(=O)Nc2ccc(C)c(Cl)c2)cc1. The first-order valence-electron chi connectivity index (χ1n) is 9.37. The molecule has 2 heterocycles. The molecule has 146 valence electrons. The minimum atomic E-state index is -0.183. The number of rotatable bonds is 4. The third-order valence-electron chi connectivity index (χ3n) is 4.92. The average Bonchev–Trinajstić information content (AvgIpc) is 3.01. The van der Waals surface area contributed by atoms with E-state index in [0.717, 1.165) is 27.8 Å². The Morgan fingerprint density at radius 3 is 2.55 bits per heavy atom. The van der Waals surface area contributed by atoms with Gasteiger partial charge in [0.1, 0.15) is 6.54 Å². The number of amides is 1. The molecule has 0 aliphatic heterocycles. The zero-order chi connectivity index (χ0) is 20.5. The van der Waals surface area contributed by atoms with Gasteiger partial charge in [-0.3, -0.25) is 4.79 Å². The zero-order valence-electron chi connectivity index (χ0n) is 16.5. The van der Waals surface area contributed by atoms with Crippen molar-refractivity contribution < 1.29 is 4.79 Å². The fraction of sp³-hybridized carbons (Fsp3) is 0.174. The molecule has 0 saturated carbocycles. The van der Waals surface area contributed by atoms with Gasteiger partial charge in [-0.15, -0.1) is 0 Å². The molecule has 0 fully saturated rings. The number of pyridine rings is 1. The molecule has 0 aliphatic rings. The number of halogens is 1. The highest BCUT2D eigenvalue weighted by molar-refractivity contribution is 6.31. The summed E-state index contributed by atoms with van der Waals surface area (Å²) < 4.78 is 1.65. The third-order valence-corrected chi connectivity index (χ3v) is 5.33. The molecule has 2 aromatic heterocycles. The van der Waals surface area contributed by atoms with E-state index in [2.05, 4.69) is 46.6 Å². The zero-order valence-corrected chi connectivity index (χ0v) is 17.3. The largest absolute Gasteiger partial charge is 0.324 e. The second kappa shape index (κ2) is 7.68. The lowest BCUT2D eigenvalue weighted by Gasteiger charge is -2.08. The third kappa shape index (κ3) is 3.87. The summed E-state index contributed by atoms with van der Waals surface area (Å²) in [5, 5.41) is 9.03. The van der Waals surface area contributed by atoms with Crippen molar-refractivity contribution in [3.63, 3.8) is 0 Å². The van der Waals surface area contributed by atoms with Crippen molar-refractivity contribution in [3.05, 3.63) is 76.6 Å². The van der Waals surface area contributed by atoms with E-state index >= 15 is 0 Å². The predicted molar refractivity (Wildman–Crippen MR) is 117 cm³/mol. The van der Waals surface area contributed by atoms with Gasteiger partial charge in [0.25, 0.3) is 0 Å². The van der Waals surface area contributed by atoms with Crippen molar-refractivity contribution in [3.8, 4) is 11.1 Å².